The first-order chi connectivity index (χ1) is 19.2. The number of hydrogen-bond acceptors (Lipinski definition) is 8. The van der Waals surface area contributed by atoms with E-state index in [0.29, 0.717) is 68.8 Å². The van der Waals surface area contributed by atoms with Crippen LogP contribution in [-0.2, 0) is 9.59 Å². The highest BCUT2D eigenvalue weighted by Crippen LogP contribution is 2.39. The predicted octanol–water partition coefficient (Wildman–Crippen LogP) is 2.89. The van der Waals surface area contributed by atoms with Crippen LogP contribution in [0.4, 0.5) is 0 Å². The number of aliphatic hydroxyl groups is 2. The second kappa shape index (κ2) is 13.6. The van der Waals surface area contributed by atoms with Crippen molar-refractivity contribution in [2.24, 2.45) is 0 Å². The molecule has 2 aromatic carbocycles. The number of ether oxygens (including phenoxy) is 2. The van der Waals surface area contributed by atoms with Gasteiger partial charge in [-0.1, -0.05) is 35.9 Å². The first-order valence-electron chi connectivity index (χ1n) is 13.6. The third-order valence-corrected chi connectivity index (χ3v) is 7.95. The third-order valence-electron chi connectivity index (χ3n) is 7.56. The Kier molecular flexibility index (Phi) is 10.3. The van der Waals surface area contributed by atoms with Crippen LogP contribution in [0.25, 0.3) is 11.1 Å². The number of β-amino-alcohol motifs (C(OH)–C–C–N with tert-alkyl or cyclic N) is 2. The fourth-order valence-electron chi connectivity index (χ4n) is 5.56. The Labute approximate surface area is 238 Å². The first kappa shape index (κ1) is 30.1. The van der Waals surface area contributed by atoms with E-state index >= 15 is 0 Å². The van der Waals surface area contributed by atoms with Crippen LogP contribution in [-0.4, -0.2) is 106 Å². The molecule has 2 aromatic rings. The van der Waals surface area contributed by atoms with Gasteiger partial charge in [-0.15, -0.1) is 0 Å². The van der Waals surface area contributed by atoms with Crippen molar-refractivity contribution < 1.29 is 39.5 Å². The molecule has 4 N–H and O–H groups in total. The molecule has 2 aliphatic heterocycles. The molecule has 4 atom stereocenters. The van der Waals surface area contributed by atoms with Gasteiger partial charge in [-0.05, 0) is 43.0 Å². The molecule has 2 aliphatic rings. The molecule has 2 saturated heterocycles. The number of aliphatic hydroxyl groups excluding tert-OH is 2. The molecule has 0 amide bonds. The number of aliphatic carboxylic acids is 2. The summed E-state index contributed by atoms with van der Waals surface area (Å²) in [5.74, 6) is -0.603. The summed E-state index contributed by atoms with van der Waals surface area (Å²) in [6.45, 7) is 4.42. The lowest BCUT2D eigenvalue weighted by Crippen LogP contribution is -2.37. The molecule has 0 radical (unpaired) electrons. The van der Waals surface area contributed by atoms with E-state index in [1.54, 1.807) is 15.9 Å². The maximum absolute atomic E-state index is 11.4. The zero-order valence-electron chi connectivity index (χ0n) is 22.5. The van der Waals surface area contributed by atoms with E-state index in [2.05, 4.69) is 0 Å². The molecule has 4 rings (SSSR count). The number of carboxylic acid groups (broad SMARTS) is 2. The molecule has 0 spiro atoms. The number of carbonyl (C=O) groups is 2. The number of nitrogens with zero attached hydrogens (tertiary/aromatic N) is 2. The standard InChI is InChI=1S/C29H37ClN2O8/c1-18-21(6-2-8-25(18)39-12-4-10-31-16-19(33)14-23(31)28(35)36)22-7-3-9-26(27(22)30)40-13-5-11-32-17-20(34)15-24(32)29(37)38/h2-3,6-9,19-20,23-24,33-34H,4-5,10-17H2,1H3,(H,35,36)(H,37,38)/t19-,20-,23+,24+/m1/s1. The average Bonchev–Trinajstić information content (AvgIpc) is 3.48. The Hall–Kier alpha value is -2.89. The molecule has 0 unspecified atom stereocenters. The van der Waals surface area contributed by atoms with Crippen LogP contribution in [0.1, 0.15) is 31.2 Å². The van der Waals surface area contributed by atoms with Gasteiger partial charge < -0.3 is 29.9 Å². The molecule has 11 heteroatoms. The Morgan fingerprint density at radius 1 is 0.825 bits per heavy atom. The minimum absolute atomic E-state index is 0.236. The van der Waals surface area contributed by atoms with E-state index in [1.807, 2.05) is 37.3 Å². The van der Waals surface area contributed by atoms with Crippen molar-refractivity contribution in [3.63, 3.8) is 0 Å². The molecule has 0 aromatic heterocycles. The summed E-state index contributed by atoms with van der Waals surface area (Å²) in [6.07, 6.45) is 0.444. The Morgan fingerprint density at radius 3 is 1.82 bits per heavy atom. The maximum Gasteiger partial charge on any atom is 0.321 e. The second-order valence-corrected chi connectivity index (χ2v) is 10.8. The van der Waals surface area contributed by atoms with Crippen LogP contribution in [0, 0.1) is 6.92 Å². The van der Waals surface area contributed by atoms with Crippen molar-refractivity contribution >= 4 is 23.5 Å². The number of likely N-dealkylation sites (tertiary alicyclic amines) is 2. The van der Waals surface area contributed by atoms with Gasteiger partial charge in [-0.3, -0.25) is 19.4 Å². The van der Waals surface area contributed by atoms with Gasteiger partial charge in [0.1, 0.15) is 23.6 Å². The summed E-state index contributed by atoms with van der Waals surface area (Å²) in [5, 5.41) is 38.8. The summed E-state index contributed by atoms with van der Waals surface area (Å²) in [6, 6.07) is 9.97. The zero-order valence-corrected chi connectivity index (χ0v) is 23.3. The van der Waals surface area contributed by atoms with E-state index in [4.69, 9.17) is 21.1 Å². The lowest BCUT2D eigenvalue weighted by Gasteiger charge is -2.21. The van der Waals surface area contributed by atoms with Gasteiger partial charge in [0.2, 0.25) is 0 Å². The molecule has 0 aliphatic carbocycles. The van der Waals surface area contributed by atoms with E-state index in [-0.39, 0.29) is 12.8 Å². The quantitative estimate of drug-likeness (QED) is 0.263. The highest BCUT2D eigenvalue weighted by atomic mass is 35.5. The fourth-order valence-corrected chi connectivity index (χ4v) is 5.84. The smallest absolute Gasteiger partial charge is 0.321 e. The van der Waals surface area contributed by atoms with Crippen molar-refractivity contribution in [2.45, 2.75) is 56.9 Å². The monoisotopic (exact) mass is 576 g/mol. The average molecular weight is 577 g/mol. The van der Waals surface area contributed by atoms with Gasteiger partial charge in [0.15, 0.2) is 0 Å². The lowest BCUT2D eigenvalue weighted by atomic mass is 9.99. The molecule has 0 bridgehead atoms. The Morgan fingerprint density at radius 2 is 1.30 bits per heavy atom. The Bertz CT molecular complexity index is 1100. The first-order valence-corrected chi connectivity index (χ1v) is 14.0. The molecule has 218 valence electrons. The van der Waals surface area contributed by atoms with Crippen molar-refractivity contribution in [1.29, 1.82) is 0 Å². The number of benzene rings is 2. The number of rotatable bonds is 13. The SMILES string of the molecule is Cc1c(OCCCN2C[C@H](O)C[C@H]2C(=O)O)cccc1-c1cccc(OCCCN2C[C@H](O)C[C@H]2C(=O)O)c1Cl. The van der Waals surface area contributed by atoms with E-state index in [1.165, 1.54) is 0 Å². The molecular formula is C29H37ClN2O8. The lowest BCUT2D eigenvalue weighted by molar-refractivity contribution is -0.143. The second-order valence-electron chi connectivity index (χ2n) is 10.4. The van der Waals surface area contributed by atoms with Gasteiger partial charge in [0, 0.05) is 44.6 Å². The maximum atomic E-state index is 11.4. The van der Waals surface area contributed by atoms with Gasteiger partial charge in [-0.2, -0.15) is 0 Å². The minimum atomic E-state index is -0.923. The largest absolute Gasteiger partial charge is 0.493 e. The van der Waals surface area contributed by atoms with Gasteiger partial charge in [0.25, 0.3) is 0 Å². The minimum Gasteiger partial charge on any atom is -0.493 e. The van der Waals surface area contributed by atoms with Gasteiger partial charge in [-0.25, -0.2) is 0 Å². The fraction of sp³-hybridized carbons (Fsp3) is 0.517. The topological polar surface area (TPSA) is 140 Å². The van der Waals surface area contributed by atoms with Crippen LogP contribution in [0.15, 0.2) is 36.4 Å². The summed E-state index contributed by atoms with van der Waals surface area (Å²) in [4.78, 5) is 26.4. The van der Waals surface area contributed by atoms with Crippen molar-refractivity contribution in [3.05, 3.63) is 47.0 Å². The predicted molar refractivity (Wildman–Crippen MR) is 149 cm³/mol. The van der Waals surface area contributed by atoms with Crippen LogP contribution in [0.2, 0.25) is 5.02 Å². The van der Waals surface area contributed by atoms with Gasteiger partial charge in [0.05, 0.1) is 30.4 Å². The third kappa shape index (κ3) is 7.24. The molecule has 2 fully saturated rings. The highest BCUT2D eigenvalue weighted by Gasteiger charge is 2.36. The van der Waals surface area contributed by atoms with E-state index in [0.717, 1.165) is 16.7 Å². The number of halogens is 1. The van der Waals surface area contributed by atoms with Crippen LogP contribution < -0.4 is 9.47 Å². The molecule has 10 nitrogen and oxygen atoms in total. The highest BCUT2D eigenvalue weighted by molar-refractivity contribution is 6.34. The van der Waals surface area contributed by atoms with Crippen molar-refractivity contribution in [2.75, 3.05) is 39.4 Å². The van der Waals surface area contributed by atoms with E-state index in [9.17, 15) is 30.0 Å². The zero-order chi connectivity index (χ0) is 28.8. The van der Waals surface area contributed by atoms with Crippen molar-refractivity contribution in [3.8, 4) is 22.6 Å². The normalized spacial score (nSPS) is 23.4. The Balaban J connectivity index is 1.32. The van der Waals surface area contributed by atoms with Crippen molar-refractivity contribution in [1.82, 2.24) is 9.80 Å². The van der Waals surface area contributed by atoms with Crippen LogP contribution in [0.5, 0.6) is 11.5 Å². The van der Waals surface area contributed by atoms with E-state index < -0.39 is 36.2 Å². The summed E-state index contributed by atoms with van der Waals surface area (Å²) in [7, 11) is 0. The summed E-state index contributed by atoms with van der Waals surface area (Å²) < 4.78 is 12.0. The van der Waals surface area contributed by atoms with Gasteiger partial charge >= 0.3 is 11.9 Å². The summed E-state index contributed by atoms with van der Waals surface area (Å²) in [5.41, 5.74) is 2.61. The molecular weight excluding hydrogens is 540 g/mol. The molecule has 0 saturated carbocycles. The molecule has 40 heavy (non-hydrogen) atoms. The summed E-state index contributed by atoms with van der Waals surface area (Å²) >= 11 is 6.75. The van der Waals surface area contributed by atoms with Crippen LogP contribution in [0.3, 0.4) is 0 Å². The number of carboxylic acids is 2. The molecule has 2 heterocycles. The van der Waals surface area contributed by atoms with Crippen LogP contribution >= 0.6 is 11.6 Å². The number of hydrogen-bond donors (Lipinski definition) is 4.